The van der Waals surface area contributed by atoms with Gasteiger partial charge in [-0.15, -0.1) is 6.42 Å². The molecule has 0 radical (unpaired) electrons. The molecule has 0 aromatic rings. The molecule has 0 amide bonds. The minimum absolute atomic E-state index is 0.00130. The number of terminal acetylenes is 1. The molecule has 0 aromatic carbocycles. The number of carbonyl (C=O) groups is 2. The average Bonchev–Trinajstić information content (AvgIpc) is 3.30. The summed E-state index contributed by atoms with van der Waals surface area (Å²) in [5, 5.41) is 4.40. The number of oxime groups is 1. The maximum Gasteiger partial charge on any atom is 0.303 e. The summed E-state index contributed by atoms with van der Waals surface area (Å²) in [5.74, 6) is 4.22. The van der Waals surface area contributed by atoms with Gasteiger partial charge in [-0.2, -0.15) is 0 Å². The molecule has 10 atom stereocenters. The van der Waals surface area contributed by atoms with Crippen LogP contribution in [0.15, 0.2) is 29.0 Å². The second-order valence-corrected chi connectivity index (χ2v) is 13.4. The van der Waals surface area contributed by atoms with Crippen molar-refractivity contribution in [3.63, 3.8) is 0 Å². The SMILES string of the molecule is C#CCO/N=C(\C)[C@H]1CC[C@H]2[C@@H]3CC=C4C[C@@H](OC5C=C[C@H](OC(C)=O)[C@@H](COC(C)=O)O5)CC[C@]4(C)[C@H]3CC[C@]12C. The molecule has 0 spiro atoms. The highest BCUT2D eigenvalue weighted by atomic mass is 16.7. The number of ether oxygens (including phenoxy) is 4. The first-order valence-corrected chi connectivity index (χ1v) is 15.6. The number of fused-ring (bicyclic) bond motifs is 5. The van der Waals surface area contributed by atoms with Gasteiger partial charge in [0.05, 0.1) is 11.8 Å². The summed E-state index contributed by atoms with van der Waals surface area (Å²) in [6.07, 6.45) is 18.7. The molecule has 230 valence electrons. The molecule has 4 aliphatic carbocycles. The summed E-state index contributed by atoms with van der Waals surface area (Å²) in [5.41, 5.74) is 3.08. The summed E-state index contributed by atoms with van der Waals surface area (Å²) >= 11 is 0. The van der Waals surface area contributed by atoms with Crippen molar-refractivity contribution in [1.29, 1.82) is 0 Å². The molecule has 1 heterocycles. The van der Waals surface area contributed by atoms with Crippen molar-refractivity contribution in [3.8, 4) is 12.3 Å². The van der Waals surface area contributed by atoms with Gasteiger partial charge in [-0.1, -0.05) is 36.6 Å². The Kier molecular flexibility index (Phi) is 9.20. The van der Waals surface area contributed by atoms with E-state index in [0.29, 0.717) is 23.7 Å². The third-order valence-corrected chi connectivity index (χ3v) is 11.1. The van der Waals surface area contributed by atoms with Crippen LogP contribution in [0.25, 0.3) is 0 Å². The fraction of sp³-hybridized carbons (Fsp3) is 0.735. The third-order valence-electron chi connectivity index (χ3n) is 11.1. The quantitative estimate of drug-likeness (QED) is 0.0900. The van der Waals surface area contributed by atoms with Crippen molar-refractivity contribution in [2.75, 3.05) is 13.2 Å². The number of nitrogens with zero attached hydrogens (tertiary/aromatic N) is 1. The average molecular weight is 582 g/mol. The van der Waals surface area contributed by atoms with Crippen LogP contribution in [-0.2, 0) is 33.4 Å². The number of allylic oxidation sites excluding steroid dienone is 1. The normalized spacial score (nSPS) is 41.0. The van der Waals surface area contributed by atoms with Crippen molar-refractivity contribution < 1.29 is 33.4 Å². The second-order valence-electron chi connectivity index (χ2n) is 13.4. The molecule has 3 saturated carbocycles. The molecule has 0 saturated heterocycles. The van der Waals surface area contributed by atoms with Crippen LogP contribution in [-0.4, -0.2) is 55.5 Å². The van der Waals surface area contributed by atoms with E-state index in [0.717, 1.165) is 31.4 Å². The zero-order valence-corrected chi connectivity index (χ0v) is 25.8. The molecule has 0 N–H and O–H groups in total. The molecule has 42 heavy (non-hydrogen) atoms. The minimum Gasteiger partial charge on any atom is -0.463 e. The summed E-state index contributed by atoms with van der Waals surface area (Å²) in [6, 6.07) is 0. The molecule has 1 unspecified atom stereocenters. The van der Waals surface area contributed by atoms with Gasteiger partial charge in [-0.3, -0.25) is 9.59 Å². The van der Waals surface area contributed by atoms with Crippen LogP contribution in [0.4, 0.5) is 0 Å². The number of esters is 2. The lowest BCUT2D eigenvalue weighted by Crippen LogP contribution is -2.51. The molecule has 0 aromatic heterocycles. The van der Waals surface area contributed by atoms with E-state index >= 15 is 0 Å². The van der Waals surface area contributed by atoms with E-state index in [9.17, 15) is 9.59 Å². The van der Waals surface area contributed by atoms with Gasteiger partial charge in [0.1, 0.15) is 18.8 Å². The maximum absolute atomic E-state index is 11.6. The van der Waals surface area contributed by atoms with E-state index in [1.807, 2.05) is 0 Å². The van der Waals surface area contributed by atoms with Crippen LogP contribution in [0.2, 0.25) is 0 Å². The van der Waals surface area contributed by atoms with Gasteiger partial charge >= 0.3 is 11.9 Å². The Bertz CT molecular complexity index is 1170. The second kappa shape index (κ2) is 12.5. The standard InChI is InChI=1S/C34H47NO7/c1-7-18-39-35-21(2)27-10-11-28-26-9-8-24-19-25(14-16-33(24,5)29(26)15-17-34(27,28)6)41-32-13-12-30(40-23(4)37)31(42-32)20-38-22(3)36/h1,8,12-13,25-32H,9-11,14-20H2,2-6H3/b35-21+/t25-,26-,27+,28-,29-,30-,31+,32?,33-,34+/m0/s1. The first-order valence-electron chi connectivity index (χ1n) is 15.6. The Morgan fingerprint density at radius 1 is 1.07 bits per heavy atom. The van der Waals surface area contributed by atoms with Crippen LogP contribution in [0.5, 0.6) is 0 Å². The largest absolute Gasteiger partial charge is 0.463 e. The van der Waals surface area contributed by atoms with Crippen LogP contribution in [0.1, 0.15) is 86.0 Å². The Hall–Kier alpha value is -2.63. The van der Waals surface area contributed by atoms with E-state index in [1.54, 1.807) is 12.2 Å². The van der Waals surface area contributed by atoms with Gasteiger partial charge in [0.2, 0.25) is 0 Å². The van der Waals surface area contributed by atoms with E-state index in [1.165, 1.54) is 45.1 Å². The Morgan fingerprint density at radius 3 is 2.62 bits per heavy atom. The summed E-state index contributed by atoms with van der Waals surface area (Å²) in [7, 11) is 0. The van der Waals surface area contributed by atoms with E-state index in [4.69, 9.17) is 30.2 Å². The topological polar surface area (TPSA) is 92.6 Å². The van der Waals surface area contributed by atoms with Crippen LogP contribution in [0, 0.1) is 46.8 Å². The Labute approximate surface area is 250 Å². The molecule has 8 heteroatoms. The fourth-order valence-electron chi connectivity index (χ4n) is 9.19. The lowest BCUT2D eigenvalue weighted by Gasteiger charge is -2.58. The van der Waals surface area contributed by atoms with Gasteiger partial charge in [0.15, 0.2) is 12.9 Å². The van der Waals surface area contributed by atoms with Crippen molar-refractivity contribution in [2.45, 2.75) is 111 Å². The molecule has 8 nitrogen and oxygen atoms in total. The fourth-order valence-corrected chi connectivity index (χ4v) is 9.19. The highest BCUT2D eigenvalue weighted by molar-refractivity contribution is 5.85. The Morgan fingerprint density at radius 2 is 1.88 bits per heavy atom. The van der Waals surface area contributed by atoms with Crippen molar-refractivity contribution in [1.82, 2.24) is 0 Å². The van der Waals surface area contributed by atoms with Crippen LogP contribution in [0.3, 0.4) is 0 Å². The molecule has 3 fully saturated rings. The van der Waals surface area contributed by atoms with Crippen LogP contribution < -0.4 is 0 Å². The van der Waals surface area contributed by atoms with Gasteiger partial charge in [0.25, 0.3) is 0 Å². The van der Waals surface area contributed by atoms with E-state index < -0.39 is 30.4 Å². The number of hydrogen-bond acceptors (Lipinski definition) is 8. The monoisotopic (exact) mass is 581 g/mol. The van der Waals surface area contributed by atoms with Gasteiger partial charge < -0.3 is 23.8 Å². The maximum atomic E-state index is 11.6. The minimum atomic E-state index is -0.618. The van der Waals surface area contributed by atoms with Gasteiger partial charge in [0, 0.05) is 19.8 Å². The summed E-state index contributed by atoms with van der Waals surface area (Å²) in [4.78, 5) is 28.3. The number of carbonyl (C=O) groups excluding carboxylic acids is 2. The third kappa shape index (κ3) is 6.05. The molecular formula is C34H47NO7. The molecule has 0 bridgehead atoms. The van der Waals surface area contributed by atoms with Crippen molar-refractivity contribution in [2.24, 2.45) is 39.7 Å². The zero-order chi connectivity index (χ0) is 30.1. The first kappa shape index (κ1) is 30.8. The highest BCUT2D eigenvalue weighted by Gasteiger charge is 2.59. The Balaban J connectivity index is 1.24. The molecular weight excluding hydrogens is 534 g/mol. The predicted molar refractivity (Wildman–Crippen MR) is 158 cm³/mol. The van der Waals surface area contributed by atoms with E-state index in [2.05, 4.69) is 37.9 Å². The van der Waals surface area contributed by atoms with Gasteiger partial charge in [-0.05, 0) is 99.0 Å². The number of rotatable bonds is 8. The molecule has 1 aliphatic heterocycles. The summed E-state index contributed by atoms with van der Waals surface area (Å²) in [6.45, 7) is 10.0. The van der Waals surface area contributed by atoms with E-state index in [-0.39, 0.29) is 30.1 Å². The smallest absolute Gasteiger partial charge is 0.303 e. The molecule has 5 rings (SSSR count). The zero-order valence-electron chi connectivity index (χ0n) is 25.8. The van der Waals surface area contributed by atoms with Gasteiger partial charge in [-0.25, -0.2) is 0 Å². The first-order chi connectivity index (χ1) is 20.0. The van der Waals surface area contributed by atoms with Crippen LogP contribution >= 0.6 is 0 Å². The predicted octanol–water partition coefficient (Wildman–Crippen LogP) is 5.75. The van der Waals surface area contributed by atoms with Crippen molar-refractivity contribution in [3.05, 3.63) is 23.8 Å². The summed E-state index contributed by atoms with van der Waals surface area (Å²) < 4.78 is 23.1. The highest BCUT2D eigenvalue weighted by Crippen LogP contribution is 2.66. The van der Waals surface area contributed by atoms with Crippen molar-refractivity contribution >= 4 is 17.7 Å². The lowest BCUT2D eigenvalue weighted by atomic mass is 9.47. The lowest BCUT2D eigenvalue weighted by molar-refractivity contribution is -0.213. The molecule has 5 aliphatic rings. The number of hydrogen-bond donors (Lipinski definition) is 0.